The summed E-state index contributed by atoms with van der Waals surface area (Å²) < 4.78 is 17.5. The number of aliphatic hydroxyl groups excluding tert-OH is 3. The molecular formula is C33H51N3O11. The SMILES string of the molecule is Cc1cc(C(=O)NCC(O)[C@@H](O)[C@@H]2O[C@@](CCN3CCOCC34CCN(C(=O)OC(C)(C)C)C4)(C(=O)O)C[C@H](O)C2C)cc(C)c1O. The lowest BCUT2D eigenvalue weighted by atomic mass is 9.79. The Kier molecular flexibility index (Phi) is 11.1. The van der Waals surface area contributed by atoms with Crippen molar-refractivity contribution in [2.24, 2.45) is 5.92 Å². The van der Waals surface area contributed by atoms with E-state index in [1.807, 2.05) is 0 Å². The van der Waals surface area contributed by atoms with Crippen molar-refractivity contribution in [3.8, 4) is 5.75 Å². The Labute approximate surface area is 275 Å². The zero-order valence-electron chi connectivity index (χ0n) is 28.2. The highest BCUT2D eigenvalue weighted by Crippen LogP contribution is 2.39. The Hall–Kier alpha value is -3.01. The predicted octanol–water partition coefficient (Wildman–Crippen LogP) is 1.17. The van der Waals surface area contributed by atoms with Gasteiger partial charge in [0, 0.05) is 57.0 Å². The topological polar surface area (TPSA) is 199 Å². The number of aliphatic hydroxyl groups is 3. The van der Waals surface area contributed by atoms with E-state index in [2.05, 4.69) is 10.2 Å². The van der Waals surface area contributed by atoms with E-state index in [-0.39, 0.29) is 37.2 Å². The van der Waals surface area contributed by atoms with Crippen LogP contribution in [-0.4, -0.2) is 140 Å². The molecule has 2 amide bonds. The van der Waals surface area contributed by atoms with Crippen molar-refractivity contribution in [3.63, 3.8) is 0 Å². The molecule has 0 bridgehead atoms. The molecule has 1 aromatic carbocycles. The number of benzene rings is 1. The number of phenols is 1. The smallest absolute Gasteiger partial charge is 0.410 e. The summed E-state index contributed by atoms with van der Waals surface area (Å²) in [5, 5.41) is 56.0. The van der Waals surface area contributed by atoms with Crippen LogP contribution in [0.2, 0.25) is 0 Å². The van der Waals surface area contributed by atoms with E-state index in [0.29, 0.717) is 50.4 Å². The van der Waals surface area contributed by atoms with Crippen molar-refractivity contribution in [2.45, 2.75) is 102 Å². The highest BCUT2D eigenvalue weighted by atomic mass is 16.6. The lowest BCUT2D eigenvalue weighted by Gasteiger charge is -2.49. The van der Waals surface area contributed by atoms with Crippen LogP contribution in [0.25, 0.3) is 0 Å². The molecule has 0 radical (unpaired) electrons. The Bertz CT molecular complexity index is 1300. The fourth-order valence-corrected chi connectivity index (χ4v) is 6.82. The largest absolute Gasteiger partial charge is 0.507 e. The fourth-order valence-electron chi connectivity index (χ4n) is 6.82. The Morgan fingerprint density at radius 1 is 1.15 bits per heavy atom. The van der Waals surface area contributed by atoms with Gasteiger partial charge in [0.2, 0.25) is 0 Å². The summed E-state index contributed by atoms with van der Waals surface area (Å²) in [6, 6.07) is 3.01. The number of hydrogen-bond donors (Lipinski definition) is 6. The second-order valence-corrected chi connectivity index (χ2v) is 14.4. The maximum absolute atomic E-state index is 12.8. The van der Waals surface area contributed by atoms with Gasteiger partial charge in [-0.15, -0.1) is 0 Å². The van der Waals surface area contributed by atoms with Crippen LogP contribution in [0.5, 0.6) is 5.75 Å². The van der Waals surface area contributed by atoms with Gasteiger partial charge in [0.1, 0.15) is 17.5 Å². The summed E-state index contributed by atoms with van der Waals surface area (Å²) in [5.41, 5.74) is -1.78. The zero-order valence-corrected chi connectivity index (χ0v) is 28.2. The van der Waals surface area contributed by atoms with Crippen molar-refractivity contribution < 1.29 is 54.1 Å². The summed E-state index contributed by atoms with van der Waals surface area (Å²) in [6.45, 7) is 12.3. The molecule has 264 valence electrons. The third-order valence-corrected chi connectivity index (χ3v) is 9.69. The number of carboxylic acids is 1. The van der Waals surface area contributed by atoms with Crippen LogP contribution in [0.4, 0.5) is 4.79 Å². The van der Waals surface area contributed by atoms with E-state index < -0.39 is 65.0 Å². The normalized spacial score (nSPS) is 29.8. The molecule has 3 aliphatic heterocycles. The highest BCUT2D eigenvalue weighted by Gasteiger charge is 2.54. The number of ether oxygens (including phenoxy) is 3. The Balaban J connectivity index is 1.44. The minimum absolute atomic E-state index is 0.0318. The highest BCUT2D eigenvalue weighted by molar-refractivity contribution is 5.94. The third kappa shape index (κ3) is 8.18. The number of aliphatic carboxylic acids is 1. The molecule has 7 atom stereocenters. The van der Waals surface area contributed by atoms with Gasteiger partial charge in [-0.3, -0.25) is 9.69 Å². The summed E-state index contributed by atoms with van der Waals surface area (Å²) >= 11 is 0. The molecule has 0 saturated carbocycles. The molecule has 3 heterocycles. The molecule has 1 aromatic rings. The van der Waals surface area contributed by atoms with E-state index >= 15 is 0 Å². The van der Waals surface area contributed by atoms with Gasteiger partial charge in [-0.1, -0.05) is 6.92 Å². The number of likely N-dealkylation sites (tertiary alicyclic amines) is 1. The molecule has 3 saturated heterocycles. The lowest BCUT2D eigenvalue weighted by molar-refractivity contribution is -0.238. The molecule has 47 heavy (non-hydrogen) atoms. The molecule has 0 aromatic heterocycles. The number of phenolic OH excluding ortho intramolecular Hbond substituents is 1. The monoisotopic (exact) mass is 665 g/mol. The number of aromatic hydroxyl groups is 1. The summed E-state index contributed by atoms with van der Waals surface area (Å²) in [5.74, 6) is -2.48. The molecule has 1 spiro atoms. The third-order valence-electron chi connectivity index (χ3n) is 9.69. The lowest BCUT2D eigenvalue weighted by Crippen LogP contribution is -2.63. The molecular weight excluding hydrogens is 614 g/mol. The summed E-state index contributed by atoms with van der Waals surface area (Å²) in [6.07, 6.45) is -5.65. The first kappa shape index (κ1) is 36.8. The van der Waals surface area contributed by atoms with Gasteiger partial charge in [-0.25, -0.2) is 9.59 Å². The molecule has 4 rings (SSSR count). The van der Waals surface area contributed by atoms with Crippen LogP contribution in [0.3, 0.4) is 0 Å². The van der Waals surface area contributed by atoms with Crippen molar-refractivity contribution in [1.29, 1.82) is 0 Å². The average Bonchev–Trinajstić information content (AvgIpc) is 3.42. The Morgan fingerprint density at radius 2 is 1.81 bits per heavy atom. The Morgan fingerprint density at radius 3 is 2.43 bits per heavy atom. The van der Waals surface area contributed by atoms with Crippen LogP contribution in [0.15, 0.2) is 12.1 Å². The number of aryl methyl sites for hydroxylation is 2. The molecule has 0 aliphatic carbocycles. The van der Waals surface area contributed by atoms with E-state index in [4.69, 9.17) is 14.2 Å². The first-order chi connectivity index (χ1) is 21.9. The molecule has 3 aliphatic rings. The number of nitrogens with one attached hydrogen (secondary N) is 1. The number of carbonyl (C=O) groups excluding carboxylic acids is 2. The molecule has 6 N–H and O–H groups in total. The number of carboxylic acid groups (broad SMARTS) is 1. The minimum atomic E-state index is -1.87. The number of carbonyl (C=O) groups is 3. The molecule has 3 fully saturated rings. The first-order valence-electron chi connectivity index (χ1n) is 16.2. The van der Waals surface area contributed by atoms with Crippen molar-refractivity contribution in [1.82, 2.24) is 15.1 Å². The van der Waals surface area contributed by atoms with E-state index in [0.717, 1.165) is 0 Å². The summed E-state index contributed by atoms with van der Waals surface area (Å²) in [4.78, 5) is 42.1. The average molecular weight is 666 g/mol. The van der Waals surface area contributed by atoms with Crippen LogP contribution in [0, 0.1) is 19.8 Å². The number of morpholine rings is 1. The van der Waals surface area contributed by atoms with Gasteiger partial charge in [0.25, 0.3) is 5.91 Å². The van der Waals surface area contributed by atoms with E-state index in [1.54, 1.807) is 46.4 Å². The second-order valence-electron chi connectivity index (χ2n) is 14.4. The molecule has 3 unspecified atom stereocenters. The number of nitrogens with zero attached hydrogens (tertiary/aromatic N) is 2. The van der Waals surface area contributed by atoms with Crippen molar-refractivity contribution >= 4 is 18.0 Å². The fraction of sp³-hybridized carbons (Fsp3) is 0.727. The van der Waals surface area contributed by atoms with E-state index in [1.165, 1.54) is 12.1 Å². The van der Waals surface area contributed by atoms with E-state index in [9.17, 15) is 39.9 Å². The van der Waals surface area contributed by atoms with Gasteiger partial charge >= 0.3 is 12.1 Å². The van der Waals surface area contributed by atoms with Gasteiger partial charge in [-0.2, -0.15) is 0 Å². The van der Waals surface area contributed by atoms with Gasteiger partial charge in [-0.05, 0) is 64.3 Å². The quantitative estimate of drug-likeness (QED) is 0.221. The zero-order chi connectivity index (χ0) is 34.9. The predicted molar refractivity (Wildman–Crippen MR) is 169 cm³/mol. The number of rotatable bonds is 9. The maximum atomic E-state index is 12.8. The van der Waals surface area contributed by atoms with Gasteiger partial charge in [0.05, 0.1) is 37.1 Å². The van der Waals surface area contributed by atoms with Crippen molar-refractivity contribution in [3.05, 3.63) is 28.8 Å². The number of amides is 2. The van der Waals surface area contributed by atoms with Gasteiger partial charge in [0.15, 0.2) is 5.60 Å². The summed E-state index contributed by atoms with van der Waals surface area (Å²) in [7, 11) is 0. The minimum Gasteiger partial charge on any atom is -0.507 e. The maximum Gasteiger partial charge on any atom is 0.410 e. The van der Waals surface area contributed by atoms with Crippen LogP contribution >= 0.6 is 0 Å². The number of hydrogen-bond acceptors (Lipinski definition) is 11. The second kappa shape index (κ2) is 14.2. The standard InChI is InChI=1S/C33H51N3O11/c1-19-13-22(14-20(2)25(19)39)28(41)34-16-24(38)26(40)27-21(3)23(37)15-33(46-27,29(42)43)8-10-36-11-12-45-18-32(36)7-9-35(17-32)30(44)47-31(4,5)6/h13-14,21,23-24,26-27,37-40H,7-12,15-18H2,1-6H3,(H,34,41)(H,42,43)/t21?,23-,24?,26+,27+,32?,33+/m0/s1. The van der Waals surface area contributed by atoms with Crippen LogP contribution in [-0.2, 0) is 19.0 Å². The van der Waals surface area contributed by atoms with Crippen LogP contribution < -0.4 is 5.32 Å². The van der Waals surface area contributed by atoms with Crippen molar-refractivity contribution in [2.75, 3.05) is 45.9 Å². The van der Waals surface area contributed by atoms with Crippen LogP contribution in [0.1, 0.15) is 68.4 Å². The van der Waals surface area contributed by atoms with Gasteiger partial charge < -0.3 is 50.0 Å². The first-order valence-corrected chi connectivity index (χ1v) is 16.2. The molecule has 14 nitrogen and oxygen atoms in total. The molecule has 14 heteroatoms.